The molecule has 0 spiro atoms. The van der Waals surface area contributed by atoms with E-state index in [2.05, 4.69) is 0 Å². The summed E-state index contributed by atoms with van der Waals surface area (Å²) in [5.41, 5.74) is 0.779. The molecule has 1 amide bonds. The fourth-order valence-corrected chi connectivity index (χ4v) is 4.02. The number of hydrogen-bond acceptors (Lipinski definition) is 5. The summed E-state index contributed by atoms with van der Waals surface area (Å²) in [4.78, 5) is 26.7. The molecule has 1 aromatic rings. The van der Waals surface area contributed by atoms with Gasteiger partial charge >= 0.3 is 5.97 Å². The second-order valence-corrected chi connectivity index (χ2v) is 7.57. The van der Waals surface area contributed by atoms with Crippen molar-refractivity contribution in [2.75, 3.05) is 27.9 Å². The van der Waals surface area contributed by atoms with Crippen LogP contribution in [0.4, 0.5) is 0 Å². The first-order valence-corrected chi connectivity index (χ1v) is 9.83. The quantitative estimate of drug-likeness (QED) is 0.733. The summed E-state index contributed by atoms with van der Waals surface area (Å²) in [7, 11) is 4.63. The van der Waals surface area contributed by atoms with Crippen molar-refractivity contribution < 1.29 is 28.9 Å². The maximum atomic E-state index is 13.5. The van der Waals surface area contributed by atoms with Crippen molar-refractivity contribution in [2.24, 2.45) is 5.92 Å². The van der Waals surface area contributed by atoms with E-state index >= 15 is 0 Å². The van der Waals surface area contributed by atoms with Crippen LogP contribution in [0.2, 0.25) is 0 Å². The zero-order valence-corrected chi connectivity index (χ0v) is 16.8. The molecule has 2 fully saturated rings. The Labute approximate surface area is 165 Å². The summed E-state index contributed by atoms with van der Waals surface area (Å²) < 4.78 is 16.3. The van der Waals surface area contributed by atoms with E-state index in [1.165, 1.54) is 7.11 Å². The number of hydrogen-bond donors (Lipinski definition) is 1. The highest BCUT2D eigenvalue weighted by Gasteiger charge is 2.39. The molecule has 7 heteroatoms. The number of carboxylic acid groups (broad SMARTS) is 1. The van der Waals surface area contributed by atoms with E-state index in [1.807, 2.05) is 12.1 Å². The summed E-state index contributed by atoms with van der Waals surface area (Å²) in [6, 6.07) is 2.88. The highest BCUT2D eigenvalue weighted by atomic mass is 16.5. The van der Waals surface area contributed by atoms with E-state index in [1.54, 1.807) is 19.1 Å². The molecule has 2 atom stereocenters. The number of ether oxygens (including phenoxy) is 3. The zero-order chi connectivity index (χ0) is 20.3. The van der Waals surface area contributed by atoms with Gasteiger partial charge in [-0.15, -0.1) is 0 Å². The Hall–Kier alpha value is -2.44. The van der Waals surface area contributed by atoms with Gasteiger partial charge < -0.3 is 24.2 Å². The van der Waals surface area contributed by atoms with Crippen LogP contribution >= 0.6 is 0 Å². The fraction of sp³-hybridized carbons (Fsp3) is 0.619. The average molecular weight is 391 g/mol. The van der Waals surface area contributed by atoms with Crippen LogP contribution < -0.4 is 14.2 Å². The molecule has 1 saturated heterocycles. The van der Waals surface area contributed by atoms with Crippen molar-refractivity contribution in [2.45, 2.75) is 50.5 Å². The van der Waals surface area contributed by atoms with Crippen molar-refractivity contribution in [1.82, 2.24) is 4.90 Å². The van der Waals surface area contributed by atoms with Crippen LogP contribution in [0.15, 0.2) is 12.1 Å². The number of carboxylic acids is 1. The third-order valence-electron chi connectivity index (χ3n) is 5.72. The minimum Gasteiger partial charge on any atom is -0.493 e. The Morgan fingerprint density at radius 2 is 1.71 bits per heavy atom. The minimum absolute atomic E-state index is 0.117. The van der Waals surface area contributed by atoms with Gasteiger partial charge in [0.1, 0.15) is 6.04 Å². The molecule has 1 aromatic carbocycles. The number of carbonyl (C=O) groups is 2. The largest absolute Gasteiger partial charge is 0.493 e. The van der Waals surface area contributed by atoms with E-state index in [-0.39, 0.29) is 5.91 Å². The third-order valence-corrected chi connectivity index (χ3v) is 5.72. The smallest absolute Gasteiger partial charge is 0.326 e. The van der Waals surface area contributed by atoms with Gasteiger partial charge in [0.05, 0.1) is 27.2 Å². The van der Waals surface area contributed by atoms with Gasteiger partial charge in [-0.05, 0) is 49.3 Å². The maximum Gasteiger partial charge on any atom is 0.326 e. The van der Waals surface area contributed by atoms with Crippen LogP contribution in [0.3, 0.4) is 0 Å². The maximum absolute atomic E-state index is 13.5. The van der Waals surface area contributed by atoms with E-state index in [9.17, 15) is 14.7 Å². The van der Waals surface area contributed by atoms with Crippen molar-refractivity contribution >= 4 is 11.9 Å². The number of likely N-dealkylation sites (tertiary alicyclic amines) is 1. The minimum atomic E-state index is -0.928. The van der Waals surface area contributed by atoms with Crippen molar-refractivity contribution in [3.63, 3.8) is 0 Å². The van der Waals surface area contributed by atoms with Crippen LogP contribution in [0.5, 0.6) is 17.2 Å². The van der Waals surface area contributed by atoms with Crippen LogP contribution in [0, 0.1) is 5.92 Å². The molecule has 1 aliphatic carbocycles. The van der Waals surface area contributed by atoms with Crippen molar-refractivity contribution in [1.29, 1.82) is 0 Å². The van der Waals surface area contributed by atoms with Gasteiger partial charge in [0.2, 0.25) is 11.7 Å². The van der Waals surface area contributed by atoms with Gasteiger partial charge in [0.25, 0.3) is 0 Å². The molecule has 0 radical (unpaired) electrons. The lowest BCUT2D eigenvalue weighted by Gasteiger charge is -2.35. The first-order valence-electron chi connectivity index (χ1n) is 9.83. The van der Waals surface area contributed by atoms with Gasteiger partial charge in [-0.2, -0.15) is 0 Å². The third kappa shape index (κ3) is 4.18. The van der Waals surface area contributed by atoms with E-state index < -0.39 is 17.9 Å². The lowest BCUT2D eigenvalue weighted by molar-refractivity contribution is -0.152. The molecule has 0 bridgehead atoms. The number of piperidine rings is 1. The van der Waals surface area contributed by atoms with Crippen LogP contribution in [-0.4, -0.2) is 55.8 Å². The van der Waals surface area contributed by atoms with Crippen LogP contribution in [-0.2, 0) is 9.59 Å². The lowest BCUT2D eigenvalue weighted by Crippen LogP contribution is -2.49. The van der Waals surface area contributed by atoms with Crippen LogP contribution in [0.25, 0.3) is 0 Å². The van der Waals surface area contributed by atoms with Gasteiger partial charge in [-0.25, -0.2) is 4.79 Å². The normalized spacial score (nSPS) is 20.4. The number of nitrogens with zero attached hydrogens (tertiary/aromatic N) is 1. The summed E-state index contributed by atoms with van der Waals surface area (Å²) in [5.74, 6) is 0.518. The SMILES string of the molecule is COc1cc(C(CC2CC2)C(=O)N2CCCCC2C(=O)O)cc(OC)c1OC. The van der Waals surface area contributed by atoms with E-state index in [0.29, 0.717) is 42.6 Å². The topological polar surface area (TPSA) is 85.3 Å². The second kappa shape index (κ2) is 8.71. The number of amides is 1. The average Bonchev–Trinajstić information content (AvgIpc) is 3.54. The van der Waals surface area contributed by atoms with E-state index in [4.69, 9.17) is 14.2 Å². The first-order chi connectivity index (χ1) is 13.5. The van der Waals surface area contributed by atoms with Crippen molar-refractivity contribution in [3.05, 3.63) is 17.7 Å². The molecule has 0 aromatic heterocycles. The molecule has 28 heavy (non-hydrogen) atoms. The number of aliphatic carboxylic acids is 1. The Morgan fingerprint density at radius 3 is 2.21 bits per heavy atom. The van der Waals surface area contributed by atoms with Gasteiger partial charge in [0.15, 0.2) is 11.5 Å². The predicted octanol–water partition coefficient (Wildman–Crippen LogP) is 3.06. The summed E-state index contributed by atoms with van der Waals surface area (Å²) >= 11 is 0. The van der Waals surface area contributed by atoms with Gasteiger partial charge in [-0.1, -0.05) is 12.8 Å². The molecule has 1 aliphatic heterocycles. The summed E-state index contributed by atoms with van der Waals surface area (Å²) in [6.07, 6.45) is 5.10. The van der Waals surface area contributed by atoms with Crippen molar-refractivity contribution in [3.8, 4) is 17.2 Å². The highest BCUT2D eigenvalue weighted by Crippen LogP contribution is 2.45. The highest BCUT2D eigenvalue weighted by molar-refractivity contribution is 5.88. The van der Waals surface area contributed by atoms with Gasteiger partial charge in [-0.3, -0.25) is 4.79 Å². The molecule has 1 saturated carbocycles. The molecule has 7 nitrogen and oxygen atoms in total. The molecule has 1 heterocycles. The summed E-state index contributed by atoms with van der Waals surface area (Å²) in [5, 5.41) is 9.59. The summed E-state index contributed by atoms with van der Waals surface area (Å²) in [6.45, 7) is 0.487. The Kier molecular flexibility index (Phi) is 6.31. The molecule has 1 N–H and O–H groups in total. The van der Waals surface area contributed by atoms with Crippen LogP contribution in [0.1, 0.15) is 50.0 Å². The molecular formula is C21H29NO6. The Balaban J connectivity index is 1.97. The number of methoxy groups -OCH3 is 3. The molecule has 2 unspecified atom stereocenters. The molecular weight excluding hydrogens is 362 g/mol. The number of rotatable bonds is 8. The zero-order valence-electron chi connectivity index (χ0n) is 16.8. The second-order valence-electron chi connectivity index (χ2n) is 7.57. The Morgan fingerprint density at radius 1 is 1.07 bits per heavy atom. The lowest BCUT2D eigenvalue weighted by atomic mass is 9.89. The monoisotopic (exact) mass is 391 g/mol. The molecule has 2 aliphatic rings. The number of carbonyl (C=O) groups excluding carboxylic acids is 1. The van der Waals surface area contributed by atoms with E-state index in [0.717, 1.165) is 31.2 Å². The first kappa shape index (κ1) is 20.3. The number of benzene rings is 1. The Bertz CT molecular complexity index is 705. The fourth-order valence-electron chi connectivity index (χ4n) is 4.02. The van der Waals surface area contributed by atoms with Gasteiger partial charge in [0, 0.05) is 6.54 Å². The standard InChI is InChI=1S/C21H29NO6/c1-26-17-11-14(12-18(27-2)19(17)28-3)15(10-13-7-8-13)20(23)22-9-5-4-6-16(22)21(24)25/h11-13,15-16H,4-10H2,1-3H3,(H,24,25). The molecule has 154 valence electrons. The predicted molar refractivity (Wildman–Crippen MR) is 103 cm³/mol. The molecule has 3 rings (SSSR count).